The van der Waals surface area contributed by atoms with Crippen LogP contribution in [-0.4, -0.2) is 71.6 Å². The van der Waals surface area contributed by atoms with Gasteiger partial charge in [-0.25, -0.2) is 0 Å². The van der Waals surface area contributed by atoms with Gasteiger partial charge in [-0.1, -0.05) is 45.2 Å². The molecule has 23 heteroatoms. The first kappa shape index (κ1) is 39.6. The molecule has 236 valence electrons. The van der Waals surface area contributed by atoms with Gasteiger partial charge in [0.05, 0.1) is 0 Å². The fourth-order valence-corrected chi connectivity index (χ4v) is 14.2. The molecule has 0 aliphatic rings. The summed E-state index contributed by atoms with van der Waals surface area (Å²) >= 11 is 1.89. The van der Waals surface area contributed by atoms with Crippen LogP contribution in [0.3, 0.4) is 0 Å². The van der Waals surface area contributed by atoms with E-state index in [2.05, 4.69) is 0 Å². The molecule has 0 aromatic carbocycles. The van der Waals surface area contributed by atoms with Gasteiger partial charge in [0.1, 0.15) is 0 Å². The first-order valence-corrected chi connectivity index (χ1v) is 18.3. The summed E-state index contributed by atoms with van der Waals surface area (Å²) in [6.45, 7) is 3.62. The summed E-state index contributed by atoms with van der Waals surface area (Å²) in [4.78, 5) is 0. The van der Waals surface area contributed by atoms with Crippen LogP contribution in [0.15, 0.2) is 0 Å². The lowest BCUT2D eigenvalue weighted by atomic mass is 10.0. The van der Waals surface area contributed by atoms with E-state index in [0.29, 0.717) is 0 Å². The van der Waals surface area contributed by atoms with Crippen molar-refractivity contribution in [3.63, 3.8) is 0 Å². The quantitative estimate of drug-likeness (QED) is 0.0822. The van der Waals surface area contributed by atoms with Crippen molar-refractivity contribution in [2.75, 3.05) is 0 Å². The van der Waals surface area contributed by atoms with Crippen molar-refractivity contribution >= 4 is 61.8 Å². The Hall–Kier alpha value is 0.594. The van der Waals surface area contributed by atoms with Gasteiger partial charge in [-0.3, -0.25) is 0 Å². The third kappa shape index (κ3) is 7.58. The maximum Gasteiger partial charge on any atom is 0.460 e. The number of rotatable bonds is 12. The van der Waals surface area contributed by atoms with Crippen LogP contribution in [0.2, 0.25) is 26.2 Å². The Morgan fingerprint density at radius 1 is 0.462 bits per heavy atom. The van der Waals surface area contributed by atoms with Crippen LogP contribution < -0.4 is 0 Å². The van der Waals surface area contributed by atoms with Gasteiger partial charge < -0.3 is 4.12 Å². The molecule has 0 saturated heterocycles. The molecular weight excluding hydrogens is 860 g/mol. The Morgan fingerprint density at radius 2 is 0.667 bits per heavy atom. The van der Waals surface area contributed by atoms with E-state index in [1.807, 2.05) is 0 Å². The second-order valence-electron chi connectivity index (χ2n) is 9.35. The molecule has 0 bridgehead atoms. The van der Waals surface area contributed by atoms with Gasteiger partial charge >= 0.3 is 47.9 Å². The molecule has 0 aliphatic heterocycles. The number of hydrogen-bond acceptors (Lipinski definition) is 1. The second-order valence-corrected chi connectivity index (χ2v) is 23.3. The lowest BCUT2D eigenvalue weighted by Gasteiger charge is -2.42. The molecule has 0 amide bonds. The normalized spacial score (nSPS) is 17.8. The fraction of sp³-hybridized carbons (Fsp3) is 1.00. The first-order valence-electron chi connectivity index (χ1n) is 9.85. The second kappa shape index (κ2) is 11.3. The molecule has 0 aromatic heterocycles. The molecule has 0 spiro atoms. The van der Waals surface area contributed by atoms with Gasteiger partial charge in [0.25, 0.3) is 0 Å². The molecule has 2 unspecified atom stereocenters. The zero-order valence-corrected chi connectivity index (χ0v) is 25.9. The highest BCUT2D eigenvalue weighted by atomic mass is 127. The Bertz CT molecular complexity index is 787. The van der Waals surface area contributed by atoms with Gasteiger partial charge in [0, 0.05) is 19.9 Å². The van der Waals surface area contributed by atoms with Gasteiger partial charge in [-0.15, -0.1) is 0 Å². The van der Waals surface area contributed by atoms with Crippen molar-refractivity contribution in [3.05, 3.63) is 0 Å². The van der Waals surface area contributed by atoms with E-state index in [1.165, 1.54) is 0 Å². The van der Waals surface area contributed by atoms with Crippen LogP contribution >= 0.6 is 45.2 Å². The summed E-state index contributed by atoms with van der Waals surface area (Å²) in [5.74, 6) is -40.3. The van der Waals surface area contributed by atoms with Crippen LogP contribution in [0, 0.1) is 0 Å². The summed E-state index contributed by atoms with van der Waals surface area (Å²) in [6, 6.07) is 0. The Balaban J connectivity index is 5.98. The third-order valence-corrected chi connectivity index (χ3v) is 22.8. The lowest BCUT2D eigenvalue weighted by Crippen LogP contribution is -2.64. The molecule has 39 heavy (non-hydrogen) atoms. The molecule has 0 aromatic rings. The van der Waals surface area contributed by atoms with Crippen LogP contribution in [0.5, 0.6) is 0 Å². The van der Waals surface area contributed by atoms with Crippen LogP contribution in [0.4, 0.5) is 79.0 Å². The largest absolute Gasteiger partial charge is 0.460 e. The average molecular weight is 878 g/mol. The molecular formula is C16H18F18I2OSi2. The van der Waals surface area contributed by atoms with E-state index in [-0.39, 0.29) is 0 Å². The van der Waals surface area contributed by atoms with E-state index in [0.717, 1.165) is 71.4 Å². The predicted octanol–water partition coefficient (Wildman–Crippen LogP) is 9.82. The highest BCUT2D eigenvalue weighted by Gasteiger charge is 2.83. The zero-order chi connectivity index (χ0) is 32.3. The summed E-state index contributed by atoms with van der Waals surface area (Å²) < 4.78 is 239. The van der Waals surface area contributed by atoms with E-state index in [9.17, 15) is 79.0 Å². The topological polar surface area (TPSA) is 9.23 Å². The first-order chi connectivity index (χ1) is 16.5. The Labute approximate surface area is 238 Å². The van der Waals surface area contributed by atoms with Gasteiger partial charge in [0.2, 0.25) is 0 Å². The molecule has 2 atom stereocenters. The van der Waals surface area contributed by atoms with Crippen molar-refractivity contribution in [1.29, 1.82) is 0 Å². The summed E-state index contributed by atoms with van der Waals surface area (Å²) in [5, 5.41) is 0. The molecule has 0 fully saturated rings. The molecule has 0 heterocycles. The van der Waals surface area contributed by atoms with Crippen molar-refractivity contribution < 1.29 is 83.1 Å². The highest BCUT2D eigenvalue weighted by Crippen LogP contribution is 2.56. The van der Waals surface area contributed by atoms with Gasteiger partial charge in [-0.2, -0.15) is 79.0 Å². The maximum absolute atomic E-state index is 14.1. The molecule has 1 nitrogen and oxygen atoms in total. The van der Waals surface area contributed by atoms with E-state index < -0.39 is 84.5 Å². The summed E-state index contributed by atoms with van der Waals surface area (Å²) in [7, 11) is -8.09. The van der Waals surface area contributed by atoms with E-state index in [1.54, 1.807) is 0 Å². The van der Waals surface area contributed by atoms with Crippen molar-refractivity contribution in [2.24, 2.45) is 0 Å². The van der Waals surface area contributed by atoms with Crippen molar-refractivity contribution in [3.8, 4) is 0 Å². The highest BCUT2D eigenvalue weighted by molar-refractivity contribution is 14.1. The predicted molar refractivity (Wildman–Crippen MR) is 123 cm³/mol. The lowest BCUT2D eigenvalue weighted by molar-refractivity contribution is -0.396. The van der Waals surface area contributed by atoms with Crippen LogP contribution in [0.25, 0.3) is 0 Å². The number of halogens is 20. The molecule has 0 radical (unpaired) electrons. The minimum atomic E-state index is -7.18. The maximum atomic E-state index is 14.1. The van der Waals surface area contributed by atoms with Crippen molar-refractivity contribution in [2.45, 2.75) is 94.0 Å². The molecule has 0 N–H and O–H groups in total. The van der Waals surface area contributed by atoms with Crippen LogP contribution in [-0.2, 0) is 4.12 Å². The van der Waals surface area contributed by atoms with Crippen LogP contribution in [0.1, 0.15) is 12.8 Å². The van der Waals surface area contributed by atoms with Crippen molar-refractivity contribution in [1.82, 2.24) is 0 Å². The zero-order valence-electron chi connectivity index (χ0n) is 19.5. The monoisotopic (exact) mass is 878 g/mol. The SMILES string of the molecule is C[Si](C)(O[Si](C)(C)C(I)CC(F)(F)C(F)(F)C(F)(F)C(F)(F)F)C(I)CC(F)(F)C(F)(F)C(F)(F)C(F)(F)F. The third-order valence-electron chi connectivity index (χ3n) is 5.33. The number of hydrogen-bond donors (Lipinski definition) is 0. The Kier molecular flexibility index (Phi) is 11.4. The summed E-state index contributed by atoms with van der Waals surface area (Å²) in [6.07, 6.45) is -18.9. The standard InChI is InChI=1S/C16H18F18I2OSi2/c1-38(2,7(35)5-9(17,18)11(21,22)13(25,26)15(29,30)31)37-39(3,4)8(36)6-10(19,20)12(23,24)14(27,28)16(32,33)34/h7-8H,5-6H2,1-4H3. The molecule has 0 aliphatic carbocycles. The molecule has 0 saturated carbocycles. The average Bonchev–Trinajstić information content (AvgIpc) is 2.63. The van der Waals surface area contributed by atoms with Gasteiger partial charge in [-0.05, 0) is 26.2 Å². The fourth-order valence-electron chi connectivity index (χ4n) is 2.82. The number of alkyl halides is 20. The van der Waals surface area contributed by atoms with E-state index in [4.69, 9.17) is 4.12 Å². The molecule has 0 rings (SSSR count). The smallest absolute Gasteiger partial charge is 0.454 e. The summed E-state index contributed by atoms with van der Waals surface area (Å²) in [5.41, 5.74) is 0. The minimum absolute atomic E-state index is 0.906. The van der Waals surface area contributed by atoms with E-state index >= 15 is 0 Å². The van der Waals surface area contributed by atoms with Gasteiger partial charge in [0.15, 0.2) is 16.6 Å². The minimum Gasteiger partial charge on any atom is -0.454 e. The Morgan fingerprint density at radius 3 is 0.846 bits per heavy atom.